The van der Waals surface area contributed by atoms with Gasteiger partial charge in [0.05, 0.1) is 12.5 Å². The van der Waals surface area contributed by atoms with Gasteiger partial charge >= 0.3 is 0 Å². The minimum Gasteiger partial charge on any atom is -0.299 e. The third-order valence-electron chi connectivity index (χ3n) is 4.39. The molecular weight excluding hydrogens is 278 g/mol. The first-order chi connectivity index (χ1) is 10.5. The molecule has 22 heavy (non-hydrogen) atoms. The standard InChI is InChI=1S/C18H22NO3/c1-14-18(15(2)20,13-16-7-5-4-6-8-16)10-9-17(21)19(14)11-12-22-3/h4-8,12H,1,9-11,13H2,2-3H3/q+1. The van der Waals surface area contributed by atoms with E-state index in [4.69, 9.17) is 4.74 Å². The van der Waals surface area contributed by atoms with Gasteiger partial charge in [-0.15, -0.1) is 0 Å². The number of likely N-dealkylation sites (tertiary alicyclic amines) is 1. The highest BCUT2D eigenvalue weighted by molar-refractivity contribution is 5.91. The number of ketones is 1. The molecule has 2 rings (SSSR count). The molecule has 1 aromatic rings. The molecule has 0 spiro atoms. The van der Waals surface area contributed by atoms with Crippen molar-refractivity contribution in [3.8, 4) is 0 Å². The van der Waals surface area contributed by atoms with Crippen molar-refractivity contribution in [1.82, 2.24) is 4.90 Å². The number of hydrogen-bond acceptors (Lipinski definition) is 3. The van der Waals surface area contributed by atoms with Gasteiger partial charge in [-0.3, -0.25) is 14.5 Å². The quantitative estimate of drug-likeness (QED) is 0.759. The van der Waals surface area contributed by atoms with Crippen LogP contribution in [-0.2, 0) is 20.7 Å². The second-order valence-electron chi connectivity index (χ2n) is 5.65. The number of nitrogens with zero attached hydrogens (tertiary/aromatic N) is 1. The second-order valence-corrected chi connectivity index (χ2v) is 5.65. The van der Waals surface area contributed by atoms with E-state index in [9.17, 15) is 9.59 Å². The number of hydrogen-bond donors (Lipinski definition) is 0. The predicted molar refractivity (Wildman–Crippen MR) is 84.7 cm³/mol. The lowest BCUT2D eigenvalue weighted by Crippen LogP contribution is -2.48. The zero-order valence-corrected chi connectivity index (χ0v) is 13.2. The Balaban J connectivity index is 2.31. The smallest absolute Gasteiger partial charge is 0.248 e. The van der Waals surface area contributed by atoms with Crippen molar-refractivity contribution in [1.29, 1.82) is 0 Å². The van der Waals surface area contributed by atoms with Crippen LogP contribution in [0.3, 0.4) is 0 Å². The van der Waals surface area contributed by atoms with Crippen LogP contribution in [-0.4, -0.2) is 30.2 Å². The molecule has 1 saturated heterocycles. The largest absolute Gasteiger partial charge is 0.299 e. The number of carbonyl (C=O) groups is 2. The maximum atomic E-state index is 12.4. The van der Waals surface area contributed by atoms with Crippen molar-refractivity contribution in [2.75, 3.05) is 13.7 Å². The molecule has 0 bridgehead atoms. The fourth-order valence-corrected chi connectivity index (χ4v) is 3.01. The summed E-state index contributed by atoms with van der Waals surface area (Å²) in [6, 6.07) is 9.86. The summed E-state index contributed by atoms with van der Waals surface area (Å²) in [4.78, 5) is 26.1. The predicted octanol–water partition coefficient (Wildman–Crippen LogP) is 2.75. The fourth-order valence-electron chi connectivity index (χ4n) is 3.01. The first-order valence-corrected chi connectivity index (χ1v) is 7.40. The number of piperidine rings is 1. The molecule has 4 heteroatoms. The Hall–Kier alpha value is -2.07. The third kappa shape index (κ3) is 3.07. The molecule has 1 aliphatic heterocycles. The second kappa shape index (κ2) is 6.79. The Morgan fingerprint density at radius 3 is 2.68 bits per heavy atom. The van der Waals surface area contributed by atoms with Crippen molar-refractivity contribution in [2.45, 2.75) is 26.2 Å². The molecule has 1 heterocycles. The van der Waals surface area contributed by atoms with Gasteiger partial charge in [0.2, 0.25) is 12.5 Å². The van der Waals surface area contributed by atoms with Crippen LogP contribution in [0.25, 0.3) is 0 Å². The Bertz CT molecular complexity index is 567. The average molecular weight is 300 g/mol. The zero-order valence-electron chi connectivity index (χ0n) is 13.2. The Kier molecular flexibility index (Phi) is 5.03. The van der Waals surface area contributed by atoms with Gasteiger partial charge in [0, 0.05) is 12.1 Å². The number of carbonyl (C=O) groups excluding carboxylic acids is 2. The van der Waals surface area contributed by atoms with Crippen LogP contribution >= 0.6 is 0 Å². The monoisotopic (exact) mass is 300 g/mol. The molecule has 0 radical (unpaired) electrons. The van der Waals surface area contributed by atoms with Gasteiger partial charge in [0.1, 0.15) is 5.78 Å². The molecule has 1 fully saturated rings. The minimum absolute atomic E-state index is 0.0109. The molecular formula is C18H22NO3+. The van der Waals surface area contributed by atoms with Gasteiger partial charge in [-0.25, -0.2) is 0 Å². The number of ether oxygens (including phenoxy) is 1. The molecule has 1 amide bonds. The zero-order chi connectivity index (χ0) is 16.2. The van der Waals surface area contributed by atoms with Crippen LogP contribution in [0.15, 0.2) is 42.6 Å². The van der Waals surface area contributed by atoms with E-state index in [-0.39, 0.29) is 11.7 Å². The van der Waals surface area contributed by atoms with Crippen molar-refractivity contribution < 1.29 is 14.3 Å². The number of Topliss-reactive ketones (excluding diaryl/α,β-unsaturated/α-hetero) is 1. The molecule has 1 aliphatic rings. The Labute approximate surface area is 131 Å². The Morgan fingerprint density at radius 1 is 1.41 bits per heavy atom. The van der Waals surface area contributed by atoms with Crippen molar-refractivity contribution in [2.24, 2.45) is 5.41 Å². The first kappa shape index (κ1) is 16.3. The number of rotatable bonds is 6. The molecule has 0 saturated carbocycles. The average Bonchev–Trinajstić information content (AvgIpc) is 2.51. The number of amides is 1. The van der Waals surface area contributed by atoms with E-state index in [1.165, 1.54) is 0 Å². The van der Waals surface area contributed by atoms with Crippen LogP contribution in [0.2, 0.25) is 0 Å². The first-order valence-electron chi connectivity index (χ1n) is 7.40. The van der Waals surface area contributed by atoms with Gasteiger partial charge in [-0.1, -0.05) is 36.9 Å². The lowest BCUT2D eigenvalue weighted by Gasteiger charge is -2.41. The summed E-state index contributed by atoms with van der Waals surface area (Å²) < 4.78 is 4.94. The molecule has 1 atom stereocenters. The van der Waals surface area contributed by atoms with Gasteiger partial charge in [-0.05, 0) is 25.3 Å². The summed E-state index contributed by atoms with van der Waals surface area (Å²) in [7, 11) is 1.54. The summed E-state index contributed by atoms with van der Waals surface area (Å²) >= 11 is 0. The number of allylic oxidation sites excluding steroid dienone is 1. The molecule has 4 nitrogen and oxygen atoms in total. The van der Waals surface area contributed by atoms with Crippen LogP contribution < -0.4 is 0 Å². The van der Waals surface area contributed by atoms with Crippen LogP contribution in [0.5, 0.6) is 0 Å². The van der Waals surface area contributed by atoms with Crippen LogP contribution in [0.4, 0.5) is 0 Å². The lowest BCUT2D eigenvalue weighted by atomic mass is 9.70. The maximum Gasteiger partial charge on any atom is 0.248 e. The molecule has 1 unspecified atom stereocenters. The highest BCUT2D eigenvalue weighted by atomic mass is 16.5. The van der Waals surface area contributed by atoms with E-state index in [0.717, 1.165) is 5.56 Å². The van der Waals surface area contributed by atoms with Gasteiger partial charge in [0.15, 0.2) is 6.54 Å². The highest BCUT2D eigenvalue weighted by Crippen LogP contribution is 2.42. The van der Waals surface area contributed by atoms with E-state index in [0.29, 0.717) is 31.5 Å². The normalized spacial score (nSPS) is 21.8. The topological polar surface area (TPSA) is 46.6 Å². The van der Waals surface area contributed by atoms with E-state index < -0.39 is 5.41 Å². The number of methoxy groups -OCH3 is 1. The van der Waals surface area contributed by atoms with E-state index in [1.54, 1.807) is 25.5 Å². The van der Waals surface area contributed by atoms with E-state index >= 15 is 0 Å². The van der Waals surface area contributed by atoms with E-state index in [2.05, 4.69) is 6.58 Å². The van der Waals surface area contributed by atoms with Crippen molar-refractivity contribution in [3.63, 3.8) is 0 Å². The SMILES string of the molecule is C=C1N(C[CH+]OC)C(=O)CCC1(Cc1ccccc1)C(C)=O. The van der Waals surface area contributed by atoms with Crippen molar-refractivity contribution >= 4 is 11.7 Å². The van der Waals surface area contributed by atoms with Gasteiger partial charge < -0.3 is 0 Å². The number of benzene rings is 1. The molecule has 0 N–H and O–H groups in total. The summed E-state index contributed by atoms with van der Waals surface area (Å²) in [5.41, 5.74) is 0.939. The van der Waals surface area contributed by atoms with Crippen LogP contribution in [0.1, 0.15) is 25.3 Å². The third-order valence-corrected chi connectivity index (χ3v) is 4.39. The maximum absolute atomic E-state index is 12.4. The van der Waals surface area contributed by atoms with Gasteiger partial charge in [-0.2, -0.15) is 4.74 Å². The van der Waals surface area contributed by atoms with Crippen LogP contribution in [0, 0.1) is 12.0 Å². The molecule has 0 aliphatic carbocycles. The molecule has 0 aromatic heterocycles. The molecule has 1 aromatic carbocycles. The lowest BCUT2D eigenvalue weighted by molar-refractivity contribution is -0.137. The van der Waals surface area contributed by atoms with E-state index in [1.807, 2.05) is 30.3 Å². The summed E-state index contributed by atoms with van der Waals surface area (Å²) in [6.07, 6.45) is 1.43. The minimum atomic E-state index is -0.711. The summed E-state index contributed by atoms with van der Waals surface area (Å²) in [5, 5.41) is 0. The molecule has 116 valence electrons. The summed E-state index contributed by atoms with van der Waals surface area (Å²) in [6.45, 7) is 7.53. The summed E-state index contributed by atoms with van der Waals surface area (Å²) in [5.74, 6) is 0.0412. The van der Waals surface area contributed by atoms with Crippen molar-refractivity contribution in [3.05, 3.63) is 54.8 Å². The van der Waals surface area contributed by atoms with Gasteiger partial charge in [0.25, 0.3) is 0 Å². The highest BCUT2D eigenvalue weighted by Gasteiger charge is 2.46. The Morgan fingerprint density at radius 2 is 2.09 bits per heavy atom. The fraction of sp³-hybridized carbons (Fsp3) is 0.389.